The molecular weight excluding hydrogens is 1810 g/mol. The SMILES string of the molecule is CC[C@@]1(OC(C)=O)C2[C@H](OC(=O)c3ccccc3)[C@]3(O)C[C@H](O[Si](C)(C)C)C(C)=C(C(=O)C[C@]2(C)[C@@H](C)C[C@H]1O)C3(C)C.CC[C@@]1(OC(C)=O)C2[C@H](OC(=O)c3ccccc3)[C@]3(O)C[C@H](O[Si](C)(C)C)C(C)=C(C(=O)[C@@H](OC(C)=O)[C@]2(C)[C@@H](C)C[C@H]1O)C3(C)C.CC[C@@]1(OC(C)=O)C2[C@H](OC(=O)c3ccccc3)[C@]3(O)C[C@H](O[Si](C)(C)C)C(C)=C([C@@H](O)[C@@H](OC(C)=O)[C@]2(C)[C@@H](C)C[C@H]1O)C3(C)C. The Kier molecular flexibility index (Phi) is 32.1. The lowest BCUT2D eigenvalue weighted by Gasteiger charge is -2.67. The summed E-state index contributed by atoms with van der Waals surface area (Å²) in [5.41, 5.74) is -14.1. The van der Waals surface area contributed by atoms with E-state index in [4.69, 9.17) is 51.2 Å². The second-order valence-corrected chi connectivity index (χ2v) is 59.4. The predicted molar refractivity (Wildman–Crippen MR) is 520 cm³/mol. The van der Waals surface area contributed by atoms with Crippen molar-refractivity contribution in [1.29, 1.82) is 0 Å². The van der Waals surface area contributed by atoms with Crippen molar-refractivity contribution in [2.24, 2.45) is 68.0 Å². The molecule has 0 radical (unpaired) electrons. The molecule has 31 heteroatoms. The van der Waals surface area contributed by atoms with Gasteiger partial charge in [0.1, 0.15) is 64.1 Å². The number of ether oxygens (including phenoxy) is 8. The molecular formula is C106H156O28Si3. The van der Waals surface area contributed by atoms with Crippen LogP contribution in [0.4, 0.5) is 0 Å². The summed E-state index contributed by atoms with van der Waals surface area (Å²) in [5, 5.41) is 88.2. The first-order valence-corrected chi connectivity index (χ1v) is 59.0. The van der Waals surface area contributed by atoms with E-state index >= 15 is 4.79 Å². The number of hydrogen-bond donors (Lipinski definition) is 7. The topological polar surface area (TPSA) is 414 Å². The first-order valence-electron chi connectivity index (χ1n) is 48.8. The lowest BCUT2D eigenvalue weighted by Crippen LogP contribution is -2.77. The summed E-state index contributed by atoms with van der Waals surface area (Å²) in [4.78, 5) is 136. The Morgan fingerprint density at radius 3 is 1.01 bits per heavy atom. The number of aliphatic hydroxyl groups is 7. The summed E-state index contributed by atoms with van der Waals surface area (Å²) in [7, 11) is -6.75. The van der Waals surface area contributed by atoms with Crippen LogP contribution in [-0.2, 0) is 84.7 Å². The summed E-state index contributed by atoms with van der Waals surface area (Å²) in [6, 6.07) is 25.3. The van der Waals surface area contributed by atoms with E-state index in [0.29, 0.717) is 27.9 Å². The van der Waals surface area contributed by atoms with Gasteiger partial charge in [0, 0.05) is 104 Å². The van der Waals surface area contributed by atoms with E-state index in [9.17, 15) is 78.9 Å². The van der Waals surface area contributed by atoms with Gasteiger partial charge in [-0.2, -0.15) is 0 Å². The summed E-state index contributed by atoms with van der Waals surface area (Å²) < 4.78 is 69.9. The molecule has 12 rings (SSSR count). The minimum atomic E-state index is -2.30. The fourth-order valence-electron chi connectivity index (χ4n) is 26.4. The zero-order valence-corrected chi connectivity index (χ0v) is 89.8. The van der Waals surface area contributed by atoms with Gasteiger partial charge in [-0.25, -0.2) is 14.4 Å². The van der Waals surface area contributed by atoms with E-state index in [1.54, 1.807) is 146 Å². The number of rotatable bonds is 20. The molecule has 9 aliphatic carbocycles. The highest BCUT2D eigenvalue weighted by molar-refractivity contribution is 6.70. The number of ketones is 2. The fraction of sp³-hybridized carbons (Fsp3) is 0.679. The highest BCUT2D eigenvalue weighted by Gasteiger charge is 2.79. The summed E-state index contributed by atoms with van der Waals surface area (Å²) >= 11 is 0. The Balaban J connectivity index is 0.000000212. The summed E-state index contributed by atoms with van der Waals surface area (Å²) in [5.74, 6) is -10.6. The molecule has 3 aromatic rings. The first kappa shape index (κ1) is 111. The van der Waals surface area contributed by atoms with Gasteiger partial charge in [0.2, 0.25) is 5.78 Å². The van der Waals surface area contributed by atoms with E-state index in [0.717, 1.165) is 5.57 Å². The molecule has 0 amide bonds. The Hall–Kier alpha value is -7.77. The number of hydrogen-bond acceptors (Lipinski definition) is 28. The van der Waals surface area contributed by atoms with Crippen molar-refractivity contribution in [3.8, 4) is 0 Å². The molecule has 9 aliphatic rings. The van der Waals surface area contributed by atoms with Crippen LogP contribution in [0.2, 0.25) is 58.9 Å². The quantitative estimate of drug-likeness (QED) is 0.0239. The molecule has 27 atom stereocenters. The molecule has 6 fully saturated rings. The number of carbonyl (C=O) groups is 10. The fourth-order valence-corrected chi connectivity index (χ4v) is 29.7. The van der Waals surface area contributed by atoms with Crippen LogP contribution in [0.3, 0.4) is 0 Å². The second-order valence-electron chi connectivity index (χ2n) is 46.0. The first-order chi connectivity index (χ1) is 62.9. The molecule has 3 unspecified atom stereocenters. The van der Waals surface area contributed by atoms with Crippen molar-refractivity contribution in [1.82, 2.24) is 0 Å². The van der Waals surface area contributed by atoms with Crippen LogP contribution in [-0.4, -0.2) is 227 Å². The lowest BCUT2D eigenvalue weighted by atomic mass is 9.43. The Labute approximate surface area is 812 Å². The van der Waals surface area contributed by atoms with Gasteiger partial charge in [-0.05, 0) is 200 Å². The third kappa shape index (κ3) is 19.7. The molecule has 6 saturated carbocycles. The normalized spacial score (nSPS) is 37.6. The molecule has 760 valence electrons. The van der Waals surface area contributed by atoms with Crippen molar-refractivity contribution in [3.63, 3.8) is 0 Å². The maximum Gasteiger partial charge on any atom is 0.338 e. The third-order valence-corrected chi connectivity index (χ3v) is 36.4. The van der Waals surface area contributed by atoms with Crippen molar-refractivity contribution in [3.05, 3.63) is 141 Å². The standard InChI is InChI=1S/C36H54O10Si.C36H52O10Si.C34H50O8Si/c2*1-12-35(45-23(5)38)26(39)18-20(2)34(8)29(35)31(44-32(41)24-16-14-13-15-17-24)36(42)19-25(46-47(9,10)11)21(3)27(33(36,6)7)28(40)30(34)43-22(4)37;1-11-33(41-22(4)35)26(37)17-20(2)32(7)18-24(36)27-21(3)25(42-43(8,9)10)19-34(39,31(27,5)6)29(28(32)33)40-30(38)23-15-13-12-14-16-23/h13-17,20,25-26,28-31,39-40,42H,12,18-19H2,1-11H3;13-17,20,25-26,29-31,39,42H,12,18-19H2,1-11H3;12-16,20,25-26,28-29,37,39H,11,17-19H2,1-10H3/t20-,25-,26+,28+,29?,30+,31-,34+,35-,36+;20-,25-,26+,29?,30+,31-,34+,35-,36+;20-,25-,26+,28?,29-,32+,33-,34+/m000/s1. The van der Waals surface area contributed by atoms with Crippen LogP contribution in [0.1, 0.15) is 255 Å². The second kappa shape index (κ2) is 39.5. The molecule has 7 N–H and O–H groups in total. The number of fused-ring (bicyclic) bond motifs is 9. The van der Waals surface area contributed by atoms with Crippen LogP contribution >= 0.6 is 0 Å². The average Bonchev–Trinajstić information content (AvgIpc) is 0.687. The highest BCUT2D eigenvalue weighted by Crippen LogP contribution is 2.70. The largest absolute Gasteiger partial charge is 0.459 e. The Morgan fingerprint density at radius 2 is 0.679 bits per heavy atom. The van der Waals surface area contributed by atoms with Gasteiger partial charge < -0.3 is 86.9 Å². The minimum absolute atomic E-state index is 0.00574. The van der Waals surface area contributed by atoms with Gasteiger partial charge in [0.15, 0.2) is 36.8 Å². The highest BCUT2D eigenvalue weighted by atomic mass is 28.4. The molecule has 0 heterocycles. The van der Waals surface area contributed by atoms with Crippen molar-refractivity contribution < 1.29 is 135 Å². The Bertz CT molecular complexity index is 5140. The van der Waals surface area contributed by atoms with Crippen LogP contribution in [0.15, 0.2) is 124 Å². The maximum absolute atomic E-state index is 15.1. The zero-order valence-electron chi connectivity index (χ0n) is 86.8. The number of Topliss-reactive ketones (excluding diaryl/α,β-unsaturated/α-hetero) is 2. The molecule has 6 bridgehead atoms. The van der Waals surface area contributed by atoms with Crippen LogP contribution in [0, 0.1) is 68.0 Å². The van der Waals surface area contributed by atoms with Crippen LogP contribution in [0.25, 0.3) is 0 Å². The van der Waals surface area contributed by atoms with Crippen LogP contribution in [0.5, 0.6) is 0 Å². The summed E-state index contributed by atoms with van der Waals surface area (Å²) in [6.07, 6.45) is -13.0. The van der Waals surface area contributed by atoms with E-state index in [-0.39, 0.29) is 92.6 Å². The number of esters is 8. The molecule has 0 aromatic heterocycles. The van der Waals surface area contributed by atoms with Crippen molar-refractivity contribution >= 4 is 84.3 Å². The molecule has 0 spiro atoms. The number of aliphatic hydroxyl groups excluding tert-OH is 4. The molecule has 3 aromatic carbocycles. The molecule has 0 aliphatic heterocycles. The molecule has 0 saturated heterocycles. The predicted octanol–water partition coefficient (Wildman–Crippen LogP) is 15.7. The van der Waals surface area contributed by atoms with Gasteiger partial charge in [0.25, 0.3) is 0 Å². The smallest absolute Gasteiger partial charge is 0.338 e. The van der Waals surface area contributed by atoms with Gasteiger partial charge >= 0.3 is 47.8 Å². The van der Waals surface area contributed by atoms with E-state index < -0.39 is 247 Å². The number of carbonyl (C=O) groups excluding carboxylic acids is 10. The molecule has 137 heavy (non-hydrogen) atoms. The minimum Gasteiger partial charge on any atom is -0.459 e. The van der Waals surface area contributed by atoms with Crippen molar-refractivity contribution in [2.45, 2.75) is 389 Å². The van der Waals surface area contributed by atoms with Gasteiger partial charge in [0.05, 0.1) is 65.1 Å². The third-order valence-electron chi connectivity index (χ3n) is 33.5. The van der Waals surface area contributed by atoms with Crippen LogP contribution < -0.4 is 0 Å². The zero-order chi connectivity index (χ0) is 103. The van der Waals surface area contributed by atoms with Gasteiger partial charge in [-0.15, -0.1) is 0 Å². The van der Waals surface area contributed by atoms with Gasteiger partial charge in [-0.1, -0.05) is 158 Å². The summed E-state index contributed by atoms with van der Waals surface area (Å²) in [6.45, 7) is 57.2. The Morgan fingerprint density at radius 1 is 0.380 bits per heavy atom. The van der Waals surface area contributed by atoms with Crippen molar-refractivity contribution in [2.75, 3.05) is 0 Å². The molecule has 28 nitrogen and oxygen atoms in total. The van der Waals surface area contributed by atoms with Gasteiger partial charge in [-0.3, -0.25) is 33.6 Å². The monoisotopic (exact) mass is 1960 g/mol. The van der Waals surface area contributed by atoms with E-state index in [1.807, 2.05) is 109 Å². The maximum atomic E-state index is 15.1. The van der Waals surface area contributed by atoms with E-state index in [1.165, 1.54) is 34.6 Å². The lowest BCUT2D eigenvalue weighted by molar-refractivity contribution is -0.303. The number of benzene rings is 3. The average molecular weight is 1960 g/mol. The van der Waals surface area contributed by atoms with E-state index in [2.05, 4.69) is 19.6 Å².